The summed E-state index contributed by atoms with van der Waals surface area (Å²) in [7, 11) is 1.61. The highest BCUT2D eigenvalue weighted by molar-refractivity contribution is 6.00. The Hall–Kier alpha value is -2.83. The maximum absolute atomic E-state index is 13.1. The average molecular weight is 429 g/mol. The van der Waals surface area contributed by atoms with E-state index < -0.39 is 5.54 Å². The first-order chi connectivity index (χ1) is 14.0. The molecule has 0 aliphatic carbocycles. The lowest BCUT2D eigenvalue weighted by molar-refractivity contribution is 0.0943. The minimum Gasteiger partial charge on any atom is -0.496 e. The van der Waals surface area contributed by atoms with Gasteiger partial charge in [-0.05, 0) is 37.1 Å². The number of methoxy groups -OCH3 is 1. The predicted octanol–water partition coefficient (Wildman–Crippen LogP) is 4.22. The third-order valence-electron chi connectivity index (χ3n) is 5.35. The van der Waals surface area contributed by atoms with Crippen LogP contribution < -0.4 is 15.8 Å². The van der Waals surface area contributed by atoms with Crippen LogP contribution in [0.1, 0.15) is 37.0 Å². The van der Waals surface area contributed by atoms with Crippen molar-refractivity contribution in [1.82, 2.24) is 15.1 Å². The molecule has 1 amide bonds. The smallest absolute Gasteiger partial charge is 0.255 e. The van der Waals surface area contributed by atoms with E-state index in [0.717, 1.165) is 24.1 Å². The molecule has 0 spiro atoms. The number of benzene rings is 2. The molecule has 6 nitrogen and oxygen atoms in total. The number of carbonyl (C=O) groups excluding carboxylic acids is 1. The monoisotopic (exact) mass is 428 g/mol. The molecule has 7 heteroatoms. The lowest BCUT2D eigenvalue weighted by atomic mass is 9.94. The van der Waals surface area contributed by atoms with Crippen molar-refractivity contribution in [2.45, 2.75) is 32.2 Å². The van der Waals surface area contributed by atoms with Gasteiger partial charge in [-0.1, -0.05) is 44.2 Å². The standard InChI is InChI=1S/C23H28N4O2.ClH/c1-4-23(24,5-2)16-25-22(28)19-15-27(17-11-7-6-8-12-17)26-21(19)18-13-9-10-14-20(18)29-3;/h6-15H,4-5,16,24H2,1-3H3,(H,25,28);1H. The quantitative estimate of drug-likeness (QED) is 0.562. The van der Waals surface area contributed by atoms with Gasteiger partial charge in [0.15, 0.2) is 0 Å². The third kappa shape index (κ3) is 5.01. The molecule has 0 fully saturated rings. The second-order valence-electron chi connectivity index (χ2n) is 7.12. The molecular weight excluding hydrogens is 400 g/mol. The number of nitrogens with one attached hydrogen (secondary N) is 1. The Morgan fingerprint density at radius 2 is 1.73 bits per heavy atom. The number of amides is 1. The number of aromatic nitrogens is 2. The van der Waals surface area contributed by atoms with Crippen LogP contribution in [0.25, 0.3) is 16.9 Å². The fourth-order valence-corrected chi connectivity index (χ4v) is 3.14. The normalized spacial score (nSPS) is 10.9. The summed E-state index contributed by atoms with van der Waals surface area (Å²) < 4.78 is 7.21. The Labute approximate surface area is 183 Å². The van der Waals surface area contributed by atoms with Crippen molar-refractivity contribution in [3.05, 3.63) is 66.4 Å². The Kier molecular flexibility index (Phi) is 8.03. The summed E-state index contributed by atoms with van der Waals surface area (Å²) in [6.07, 6.45) is 3.32. The van der Waals surface area contributed by atoms with Crippen molar-refractivity contribution >= 4 is 18.3 Å². The molecule has 0 bridgehead atoms. The topological polar surface area (TPSA) is 82.2 Å². The highest BCUT2D eigenvalue weighted by atomic mass is 35.5. The number of hydrogen-bond donors (Lipinski definition) is 2. The van der Waals surface area contributed by atoms with E-state index in [2.05, 4.69) is 5.32 Å². The van der Waals surface area contributed by atoms with Gasteiger partial charge in [0.25, 0.3) is 5.91 Å². The van der Waals surface area contributed by atoms with Gasteiger partial charge in [0.05, 0.1) is 18.4 Å². The molecule has 3 aromatic rings. The zero-order valence-corrected chi connectivity index (χ0v) is 18.4. The zero-order chi connectivity index (χ0) is 20.9. The molecule has 0 aliphatic rings. The summed E-state index contributed by atoms with van der Waals surface area (Å²) in [5.41, 5.74) is 8.62. The van der Waals surface area contributed by atoms with Gasteiger partial charge in [-0.15, -0.1) is 12.4 Å². The minimum atomic E-state index is -0.421. The van der Waals surface area contributed by atoms with Crippen LogP contribution in [0, 0.1) is 0 Å². The summed E-state index contributed by atoms with van der Waals surface area (Å²) in [6.45, 7) is 4.47. The molecule has 30 heavy (non-hydrogen) atoms. The highest BCUT2D eigenvalue weighted by Crippen LogP contribution is 2.31. The van der Waals surface area contributed by atoms with Crippen LogP contribution in [0.4, 0.5) is 0 Å². The van der Waals surface area contributed by atoms with Gasteiger partial charge in [0.2, 0.25) is 0 Å². The number of halogens is 1. The summed E-state index contributed by atoms with van der Waals surface area (Å²) in [6, 6.07) is 17.3. The number of nitrogens with zero attached hydrogens (tertiary/aromatic N) is 2. The van der Waals surface area contributed by atoms with Crippen molar-refractivity contribution in [2.75, 3.05) is 13.7 Å². The van der Waals surface area contributed by atoms with E-state index in [1.165, 1.54) is 0 Å². The third-order valence-corrected chi connectivity index (χ3v) is 5.35. The van der Waals surface area contributed by atoms with Gasteiger partial charge >= 0.3 is 0 Å². The van der Waals surface area contributed by atoms with Gasteiger partial charge in [-0.2, -0.15) is 5.10 Å². The number of para-hydroxylation sites is 2. The molecule has 3 N–H and O–H groups in total. The number of carbonyl (C=O) groups is 1. The molecule has 0 atom stereocenters. The Bertz CT molecular complexity index is 968. The van der Waals surface area contributed by atoms with E-state index in [9.17, 15) is 4.79 Å². The first-order valence-electron chi connectivity index (χ1n) is 9.87. The van der Waals surface area contributed by atoms with E-state index >= 15 is 0 Å². The average Bonchev–Trinajstić information content (AvgIpc) is 3.23. The highest BCUT2D eigenvalue weighted by Gasteiger charge is 2.25. The van der Waals surface area contributed by atoms with Crippen LogP contribution in [0.5, 0.6) is 5.75 Å². The zero-order valence-electron chi connectivity index (χ0n) is 17.6. The Balaban J connectivity index is 0.00000320. The molecule has 2 aromatic carbocycles. The molecule has 1 aromatic heterocycles. The minimum absolute atomic E-state index is 0. The largest absolute Gasteiger partial charge is 0.496 e. The van der Waals surface area contributed by atoms with Crippen LogP contribution in [-0.2, 0) is 0 Å². The second-order valence-corrected chi connectivity index (χ2v) is 7.12. The van der Waals surface area contributed by atoms with Crippen LogP contribution in [0.3, 0.4) is 0 Å². The molecular formula is C23H29ClN4O2. The number of ether oxygens (including phenoxy) is 1. The summed E-state index contributed by atoms with van der Waals surface area (Å²) in [4.78, 5) is 13.1. The maximum Gasteiger partial charge on any atom is 0.255 e. The van der Waals surface area contributed by atoms with Crippen molar-refractivity contribution in [2.24, 2.45) is 5.73 Å². The number of hydrogen-bond acceptors (Lipinski definition) is 4. The van der Waals surface area contributed by atoms with Gasteiger partial charge in [0.1, 0.15) is 11.4 Å². The predicted molar refractivity (Wildman–Crippen MR) is 123 cm³/mol. The molecule has 0 unspecified atom stereocenters. The van der Waals surface area contributed by atoms with E-state index in [1.807, 2.05) is 68.4 Å². The summed E-state index contributed by atoms with van der Waals surface area (Å²) in [5.74, 6) is 0.458. The second kappa shape index (κ2) is 10.3. The van der Waals surface area contributed by atoms with Gasteiger partial charge in [-0.25, -0.2) is 4.68 Å². The van der Waals surface area contributed by atoms with Crippen LogP contribution in [-0.4, -0.2) is 34.9 Å². The van der Waals surface area contributed by atoms with E-state index in [0.29, 0.717) is 23.6 Å². The number of nitrogens with two attached hydrogens (primary N) is 1. The Morgan fingerprint density at radius 3 is 2.37 bits per heavy atom. The molecule has 0 radical (unpaired) electrons. The van der Waals surface area contributed by atoms with Crippen molar-refractivity contribution in [3.8, 4) is 22.7 Å². The molecule has 3 rings (SSSR count). The fraction of sp³-hybridized carbons (Fsp3) is 0.304. The number of rotatable bonds is 8. The molecule has 0 aliphatic heterocycles. The van der Waals surface area contributed by atoms with Gasteiger partial charge < -0.3 is 15.8 Å². The first-order valence-corrected chi connectivity index (χ1v) is 9.87. The first kappa shape index (κ1) is 23.4. The Morgan fingerprint density at radius 1 is 1.10 bits per heavy atom. The van der Waals surface area contributed by atoms with Crippen LogP contribution >= 0.6 is 12.4 Å². The van der Waals surface area contributed by atoms with Gasteiger partial charge in [-0.3, -0.25) is 4.79 Å². The van der Waals surface area contributed by atoms with Crippen LogP contribution in [0.15, 0.2) is 60.8 Å². The summed E-state index contributed by atoms with van der Waals surface area (Å²) >= 11 is 0. The fourth-order valence-electron chi connectivity index (χ4n) is 3.14. The van der Waals surface area contributed by atoms with E-state index in [1.54, 1.807) is 18.0 Å². The molecule has 0 saturated carbocycles. The summed E-state index contributed by atoms with van der Waals surface area (Å²) in [5, 5.41) is 7.71. The van der Waals surface area contributed by atoms with E-state index in [4.69, 9.17) is 15.6 Å². The van der Waals surface area contributed by atoms with Crippen molar-refractivity contribution < 1.29 is 9.53 Å². The van der Waals surface area contributed by atoms with Crippen LogP contribution in [0.2, 0.25) is 0 Å². The SMILES string of the molecule is CCC(N)(CC)CNC(=O)c1cn(-c2ccccc2)nc1-c1ccccc1OC.Cl. The molecule has 0 saturated heterocycles. The lowest BCUT2D eigenvalue weighted by Gasteiger charge is -2.26. The molecule has 160 valence electrons. The maximum atomic E-state index is 13.1. The van der Waals surface area contributed by atoms with Gasteiger partial charge in [0, 0.05) is 23.8 Å². The lowest BCUT2D eigenvalue weighted by Crippen LogP contribution is -2.49. The molecule has 1 heterocycles. The van der Waals surface area contributed by atoms with Crippen molar-refractivity contribution in [3.63, 3.8) is 0 Å². The van der Waals surface area contributed by atoms with Crippen molar-refractivity contribution in [1.29, 1.82) is 0 Å². The van der Waals surface area contributed by atoms with E-state index in [-0.39, 0.29) is 18.3 Å².